The first kappa shape index (κ1) is 13.2. The molecule has 0 aliphatic rings. The SMILES string of the molecule is COC(=O)c1nc(C(C)OC)[nH]c1C(=O)OC. The van der Waals surface area contributed by atoms with E-state index in [-0.39, 0.29) is 17.5 Å². The highest BCUT2D eigenvalue weighted by molar-refractivity contribution is 6.00. The summed E-state index contributed by atoms with van der Waals surface area (Å²) in [6.07, 6.45) is -0.378. The number of hydrogen-bond acceptors (Lipinski definition) is 6. The van der Waals surface area contributed by atoms with Gasteiger partial charge < -0.3 is 19.2 Å². The highest BCUT2D eigenvalue weighted by atomic mass is 16.5. The minimum Gasteiger partial charge on any atom is -0.464 e. The van der Waals surface area contributed by atoms with E-state index in [1.807, 2.05) is 0 Å². The lowest BCUT2D eigenvalue weighted by Gasteiger charge is -2.03. The fourth-order valence-corrected chi connectivity index (χ4v) is 1.19. The number of H-pyrrole nitrogens is 1. The summed E-state index contributed by atoms with van der Waals surface area (Å²) in [4.78, 5) is 29.5. The number of methoxy groups -OCH3 is 3. The highest BCUT2D eigenvalue weighted by Crippen LogP contribution is 2.16. The molecular weight excluding hydrogens is 228 g/mol. The number of imidazole rings is 1. The molecular formula is C10H14N2O5. The number of nitrogens with zero attached hydrogens (tertiary/aromatic N) is 1. The molecule has 7 nitrogen and oxygen atoms in total. The minimum absolute atomic E-state index is 0.0433. The number of esters is 2. The van der Waals surface area contributed by atoms with Crippen LogP contribution in [0.3, 0.4) is 0 Å². The summed E-state index contributed by atoms with van der Waals surface area (Å²) in [5, 5.41) is 0. The average molecular weight is 242 g/mol. The molecule has 94 valence electrons. The van der Waals surface area contributed by atoms with Gasteiger partial charge >= 0.3 is 11.9 Å². The second-order valence-corrected chi connectivity index (χ2v) is 3.21. The van der Waals surface area contributed by atoms with Crippen molar-refractivity contribution < 1.29 is 23.8 Å². The number of carbonyl (C=O) groups is 2. The summed E-state index contributed by atoms with van der Waals surface area (Å²) in [7, 11) is 3.91. The maximum Gasteiger partial charge on any atom is 0.359 e. The van der Waals surface area contributed by atoms with Gasteiger partial charge in [0.05, 0.1) is 14.2 Å². The number of rotatable bonds is 4. The molecule has 1 heterocycles. The van der Waals surface area contributed by atoms with Crippen molar-refractivity contribution in [3.05, 3.63) is 17.2 Å². The lowest BCUT2D eigenvalue weighted by atomic mass is 10.3. The summed E-state index contributed by atoms with van der Waals surface area (Å²) in [6, 6.07) is 0. The molecule has 1 aromatic rings. The molecule has 1 atom stereocenters. The first-order chi connectivity index (χ1) is 8.04. The monoisotopic (exact) mass is 242 g/mol. The summed E-state index contributed by atoms with van der Waals surface area (Å²) in [5.41, 5.74) is -0.156. The third-order valence-electron chi connectivity index (χ3n) is 2.23. The van der Waals surface area contributed by atoms with Crippen molar-refractivity contribution in [2.45, 2.75) is 13.0 Å². The van der Waals surface area contributed by atoms with Gasteiger partial charge in [0, 0.05) is 7.11 Å². The number of aromatic amines is 1. The van der Waals surface area contributed by atoms with Crippen LogP contribution in [-0.4, -0.2) is 43.2 Å². The van der Waals surface area contributed by atoms with Gasteiger partial charge in [0.25, 0.3) is 0 Å². The molecule has 0 saturated carbocycles. The predicted molar refractivity (Wildman–Crippen MR) is 56.7 cm³/mol. The molecule has 7 heteroatoms. The van der Waals surface area contributed by atoms with Gasteiger partial charge in [0.15, 0.2) is 11.4 Å². The summed E-state index contributed by atoms with van der Waals surface area (Å²) in [5.74, 6) is -1.04. The topological polar surface area (TPSA) is 90.5 Å². The first-order valence-electron chi connectivity index (χ1n) is 4.84. The van der Waals surface area contributed by atoms with Crippen LogP contribution in [0.2, 0.25) is 0 Å². The third kappa shape index (κ3) is 2.62. The van der Waals surface area contributed by atoms with Crippen molar-refractivity contribution in [3.8, 4) is 0 Å². The predicted octanol–water partition coefficient (Wildman–Crippen LogP) is 0.690. The number of nitrogens with one attached hydrogen (secondary N) is 1. The fraction of sp³-hybridized carbons (Fsp3) is 0.500. The van der Waals surface area contributed by atoms with Gasteiger partial charge in [-0.05, 0) is 6.92 Å². The smallest absolute Gasteiger partial charge is 0.359 e. The number of hydrogen-bond donors (Lipinski definition) is 1. The molecule has 0 spiro atoms. The standard InChI is InChI=1S/C10H14N2O5/c1-5(15-2)8-11-6(9(13)16-3)7(12-8)10(14)17-4/h5H,1-4H3,(H,11,12). The van der Waals surface area contributed by atoms with Crippen molar-refractivity contribution in [3.63, 3.8) is 0 Å². The molecule has 0 aliphatic heterocycles. The van der Waals surface area contributed by atoms with E-state index in [9.17, 15) is 9.59 Å². The van der Waals surface area contributed by atoms with E-state index in [0.29, 0.717) is 5.82 Å². The van der Waals surface area contributed by atoms with Crippen LogP contribution in [0, 0.1) is 0 Å². The van der Waals surface area contributed by atoms with E-state index in [0.717, 1.165) is 0 Å². The largest absolute Gasteiger partial charge is 0.464 e. The highest BCUT2D eigenvalue weighted by Gasteiger charge is 2.25. The Hall–Kier alpha value is -1.89. The average Bonchev–Trinajstić information content (AvgIpc) is 2.80. The Morgan fingerprint density at radius 1 is 1.18 bits per heavy atom. The van der Waals surface area contributed by atoms with Gasteiger partial charge in [0.2, 0.25) is 0 Å². The maximum atomic E-state index is 11.4. The second kappa shape index (κ2) is 5.44. The molecule has 1 N–H and O–H groups in total. The van der Waals surface area contributed by atoms with E-state index in [2.05, 4.69) is 19.4 Å². The normalized spacial score (nSPS) is 12.0. The number of carbonyl (C=O) groups excluding carboxylic acids is 2. The molecule has 0 fully saturated rings. The molecule has 0 bridgehead atoms. The molecule has 1 unspecified atom stereocenters. The van der Waals surface area contributed by atoms with Crippen molar-refractivity contribution in [2.24, 2.45) is 0 Å². The van der Waals surface area contributed by atoms with Gasteiger partial charge in [0.1, 0.15) is 11.9 Å². The zero-order chi connectivity index (χ0) is 13.0. The van der Waals surface area contributed by atoms with E-state index in [1.165, 1.54) is 21.3 Å². The van der Waals surface area contributed by atoms with Gasteiger partial charge in [-0.1, -0.05) is 0 Å². The molecule has 1 aromatic heterocycles. The van der Waals surface area contributed by atoms with Crippen molar-refractivity contribution in [2.75, 3.05) is 21.3 Å². The summed E-state index contributed by atoms with van der Waals surface area (Å²) < 4.78 is 14.1. The van der Waals surface area contributed by atoms with Crippen LogP contribution in [0.1, 0.15) is 39.8 Å². The summed E-state index contributed by atoms with van der Waals surface area (Å²) >= 11 is 0. The molecule has 17 heavy (non-hydrogen) atoms. The van der Waals surface area contributed by atoms with Crippen LogP contribution in [0.25, 0.3) is 0 Å². The Kier molecular flexibility index (Phi) is 4.22. The Morgan fingerprint density at radius 3 is 2.24 bits per heavy atom. The van der Waals surface area contributed by atoms with Crippen LogP contribution in [-0.2, 0) is 14.2 Å². The quantitative estimate of drug-likeness (QED) is 0.781. The van der Waals surface area contributed by atoms with Crippen molar-refractivity contribution in [1.29, 1.82) is 0 Å². The number of aromatic nitrogens is 2. The Bertz CT molecular complexity index is 393. The Morgan fingerprint density at radius 2 is 1.76 bits per heavy atom. The van der Waals surface area contributed by atoms with Gasteiger partial charge in [-0.15, -0.1) is 0 Å². The van der Waals surface area contributed by atoms with Crippen molar-refractivity contribution in [1.82, 2.24) is 9.97 Å². The molecule has 0 saturated heterocycles. The third-order valence-corrected chi connectivity index (χ3v) is 2.23. The van der Waals surface area contributed by atoms with Crippen LogP contribution in [0.15, 0.2) is 0 Å². The molecule has 1 rings (SSSR count). The van der Waals surface area contributed by atoms with Crippen LogP contribution in [0.4, 0.5) is 0 Å². The maximum absolute atomic E-state index is 11.4. The zero-order valence-corrected chi connectivity index (χ0v) is 10.1. The molecule has 0 aromatic carbocycles. The Labute approximate surface area is 98.1 Å². The molecule has 0 aliphatic carbocycles. The minimum atomic E-state index is -0.712. The Balaban J connectivity index is 3.21. The first-order valence-corrected chi connectivity index (χ1v) is 4.84. The van der Waals surface area contributed by atoms with Crippen molar-refractivity contribution >= 4 is 11.9 Å². The zero-order valence-electron chi connectivity index (χ0n) is 10.1. The van der Waals surface area contributed by atoms with Gasteiger partial charge in [-0.25, -0.2) is 14.6 Å². The van der Waals surface area contributed by atoms with Crippen LogP contribution in [0.5, 0.6) is 0 Å². The van der Waals surface area contributed by atoms with E-state index < -0.39 is 11.9 Å². The van der Waals surface area contributed by atoms with Gasteiger partial charge in [-0.3, -0.25) is 0 Å². The lowest BCUT2D eigenvalue weighted by Crippen LogP contribution is -2.11. The second-order valence-electron chi connectivity index (χ2n) is 3.21. The molecule has 0 radical (unpaired) electrons. The fourth-order valence-electron chi connectivity index (χ4n) is 1.19. The van der Waals surface area contributed by atoms with E-state index in [1.54, 1.807) is 6.92 Å². The lowest BCUT2D eigenvalue weighted by molar-refractivity contribution is 0.0548. The molecule has 0 amide bonds. The van der Waals surface area contributed by atoms with Crippen LogP contribution >= 0.6 is 0 Å². The summed E-state index contributed by atoms with van der Waals surface area (Å²) in [6.45, 7) is 1.72. The van der Waals surface area contributed by atoms with E-state index in [4.69, 9.17) is 4.74 Å². The van der Waals surface area contributed by atoms with E-state index >= 15 is 0 Å². The van der Waals surface area contributed by atoms with Crippen LogP contribution < -0.4 is 0 Å². The van der Waals surface area contributed by atoms with Gasteiger partial charge in [-0.2, -0.15) is 0 Å². The number of ether oxygens (including phenoxy) is 3.